The Hall–Kier alpha value is -2.71. The fourth-order valence-electron chi connectivity index (χ4n) is 6.40. The van der Waals surface area contributed by atoms with Gasteiger partial charge >= 0.3 is 0 Å². The zero-order valence-corrected chi connectivity index (χ0v) is 28.0. The van der Waals surface area contributed by atoms with E-state index >= 15 is 0 Å². The maximum atomic E-state index is 8.81. The summed E-state index contributed by atoms with van der Waals surface area (Å²) in [6, 6.07) is 11.0. The molecule has 0 radical (unpaired) electrons. The fraction of sp³-hybridized carbons (Fsp3) is 0.636. The fourth-order valence-corrected chi connectivity index (χ4v) is 8.08. The lowest BCUT2D eigenvalue weighted by Crippen LogP contribution is -2.57. The van der Waals surface area contributed by atoms with Gasteiger partial charge in [-0.3, -0.25) is 9.47 Å². The van der Waals surface area contributed by atoms with Crippen molar-refractivity contribution in [2.75, 3.05) is 38.2 Å². The summed E-state index contributed by atoms with van der Waals surface area (Å²) in [6.07, 6.45) is 8.93. The van der Waals surface area contributed by atoms with Gasteiger partial charge in [0.1, 0.15) is 24.8 Å². The Bertz CT molecular complexity index is 1410. The molecular formula is C33H49N8O3P. The summed E-state index contributed by atoms with van der Waals surface area (Å²) in [7, 11) is -1.46. The van der Waals surface area contributed by atoms with Crippen molar-refractivity contribution in [1.82, 2.24) is 29.1 Å². The summed E-state index contributed by atoms with van der Waals surface area (Å²) in [4.78, 5) is 19.9. The normalized spacial score (nSPS) is 22.6. The van der Waals surface area contributed by atoms with Gasteiger partial charge in [0.15, 0.2) is 17.0 Å². The smallest absolute Gasteiger partial charge is 0.259 e. The predicted molar refractivity (Wildman–Crippen MR) is 178 cm³/mol. The summed E-state index contributed by atoms with van der Waals surface area (Å²) >= 11 is 0. The highest BCUT2D eigenvalue weighted by Gasteiger charge is 2.42. The van der Waals surface area contributed by atoms with E-state index in [-0.39, 0.29) is 32.1 Å². The number of nitrogens with one attached hydrogen (secondary N) is 1. The standard InChI is InChI=1S/C33H49N8O3P/c1-25(2)41(26(3)4)45(42-18-17-34-6)43-22-33(5)21-39(28-15-11-8-12-16-28)20-29(44-33)40-24-38-30-31(36-23-37-32(30)40)35-19-27-13-9-7-10-14-27/h7,9-10,13-14,23-26,28-29H,8,11-12,15-22H2,1-5H3,(H,35,36,37)/t29-,33+,45?/m1/s1/i5D. The number of rotatable bonds is 14. The summed E-state index contributed by atoms with van der Waals surface area (Å²) in [5, 5.41) is 3.43. The van der Waals surface area contributed by atoms with Gasteiger partial charge in [-0.15, -0.1) is 0 Å². The van der Waals surface area contributed by atoms with Crippen LogP contribution in [0.4, 0.5) is 5.82 Å². The summed E-state index contributed by atoms with van der Waals surface area (Å²) in [5.41, 5.74) is 1.64. The second kappa shape index (κ2) is 15.7. The summed E-state index contributed by atoms with van der Waals surface area (Å²) < 4.78 is 32.8. The average Bonchev–Trinajstić information content (AvgIpc) is 3.52. The molecule has 1 aromatic carbocycles. The molecule has 3 heterocycles. The molecular weight excluding hydrogens is 587 g/mol. The Balaban J connectivity index is 1.41. The molecule has 12 heteroatoms. The van der Waals surface area contributed by atoms with Crippen LogP contribution in [0.15, 0.2) is 43.0 Å². The third kappa shape index (κ3) is 8.56. The maximum Gasteiger partial charge on any atom is 0.259 e. The van der Waals surface area contributed by atoms with Crippen molar-refractivity contribution in [2.24, 2.45) is 0 Å². The molecule has 45 heavy (non-hydrogen) atoms. The van der Waals surface area contributed by atoms with E-state index in [1.165, 1.54) is 19.3 Å². The summed E-state index contributed by atoms with van der Waals surface area (Å²) in [5.74, 6) is 0.673. The van der Waals surface area contributed by atoms with E-state index in [1.807, 2.05) is 22.8 Å². The molecule has 3 aromatic rings. The van der Waals surface area contributed by atoms with E-state index in [9.17, 15) is 0 Å². The largest absolute Gasteiger partial charge is 0.364 e. The molecule has 3 atom stereocenters. The van der Waals surface area contributed by atoms with E-state index in [0.29, 0.717) is 49.3 Å². The first-order valence-electron chi connectivity index (χ1n) is 16.9. The van der Waals surface area contributed by atoms with Crippen molar-refractivity contribution >= 4 is 25.5 Å². The Morgan fingerprint density at radius 2 is 1.91 bits per heavy atom. The third-order valence-electron chi connectivity index (χ3n) is 8.42. The monoisotopic (exact) mass is 637 g/mol. The van der Waals surface area contributed by atoms with Crippen LogP contribution in [0.3, 0.4) is 0 Å². The molecule has 5 rings (SSSR count). The SMILES string of the molecule is [2H]C[C@@]1(COP(OCC[N+]#[C-])N(C(C)C)C(C)C)CN(C2CCCCC2)C[C@H](n2cnc3c(NCc4ccccc4)ncnc32)O1. The molecule has 2 aliphatic rings. The highest BCUT2D eigenvalue weighted by molar-refractivity contribution is 7.44. The lowest BCUT2D eigenvalue weighted by atomic mass is 9.92. The van der Waals surface area contributed by atoms with Crippen LogP contribution in [0.2, 0.25) is 0 Å². The molecule has 1 saturated carbocycles. The highest BCUT2D eigenvalue weighted by Crippen LogP contribution is 2.47. The van der Waals surface area contributed by atoms with Crippen LogP contribution < -0.4 is 5.32 Å². The van der Waals surface area contributed by atoms with E-state index in [1.54, 1.807) is 12.7 Å². The highest BCUT2D eigenvalue weighted by atomic mass is 31.2. The lowest BCUT2D eigenvalue weighted by Gasteiger charge is -2.48. The first-order valence-corrected chi connectivity index (χ1v) is 17.3. The van der Waals surface area contributed by atoms with Crippen molar-refractivity contribution in [3.63, 3.8) is 0 Å². The van der Waals surface area contributed by atoms with Gasteiger partial charge < -0.3 is 23.9 Å². The zero-order chi connectivity index (χ0) is 32.5. The predicted octanol–water partition coefficient (Wildman–Crippen LogP) is 6.66. The van der Waals surface area contributed by atoms with Gasteiger partial charge in [0.25, 0.3) is 8.53 Å². The van der Waals surface area contributed by atoms with Crippen molar-refractivity contribution in [3.8, 4) is 0 Å². The first kappa shape index (κ1) is 32.2. The third-order valence-corrected chi connectivity index (χ3v) is 10.5. The van der Waals surface area contributed by atoms with E-state index < -0.39 is 20.4 Å². The van der Waals surface area contributed by atoms with E-state index in [4.69, 9.17) is 26.7 Å². The van der Waals surface area contributed by atoms with Crippen molar-refractivity contribution in [2.45, 2.75) is 103 Å². The molecule has 0 spiro atoms. The molecule has 244 valence electrons. The van der Waals surface area contributed by atoms with E-state index in [2.05, 4.69) is 69.5 Å². The van der Waals surface area contributed by atoms with E-state index in [0.717, 1.165) is 18.4 Å². The minimum Gasteiger partial charge on any atom is -0.364 e. The number of anilines is 1. The Labute approximate surface area is 270 Å². The number of nitrogens with zero attached hydrogens (tertiary/aromatic N) is 7. The molecule has 0 bridgehead atoms. The second-order valence-corrected chi connectivity index (χ2v) is 14.1. The van der Waals surface area contributed by atoms with Crippen LogP contribution in [-0.2, 0) is 20.3 Å². The van der Waals surface area contributed by atoms with Gasteiger partial charge in [-0.25, -0.2) is 26.2 Å². The molecule has 0 amide bonds. The Morgan fingerprint density at radius 1 is 1.13 bits per heavy atom. The van der Waals surface area contributed by atoms with Gasteiger partial charge in [0.05, 0.1) is 12.9 Å². The molecule has 1 aliphatic carbocycles. The van der Waals surface area contributed by atoms with Crippen molar-refractivity contribution in [3.05, 3.63) is 60.0 Å². The van der Waals surface area contributed by atoms with Crippen LogP contribution in [0.5, 0.6) is 0 Å². The topological polar surface area (TPSA) is 94.2 Å². The molecule has 1 unspecified atom stereocenters. The lowest BCUT2D eigenvalue weighted by molar-refractivity contribution is -0.195. The van der Waals surface area contributed by atoms with Crippen LogP contribution in [0.25, 0.3) is 16.0 Å². The maximum absolute atomic E-state index is 8.81. The number of morpholine rings is 1. The quantitative estimate of drug-likeness (QED) is 0.118. The number of hydrogen-bond acceptors (Lipinski definition) is 9. The van der Waals surface area contributed by atoms with Crippen LogP contribution in [0.1, 0.15) is 79.9 Å². The number of fused-ring (bicyclic) bond motifs is 1. The number of imidazole rings is 1. The molecule has 1 saturated heterocycles. The van der Waals surface area contributed by atoms with Gasteiger partial charge in [0.2, 0.25) is 6.54 Å². The molecule has 11 nitrogen and oxygen atoms in total. The number of ether oxygens (including phenoxy) is 1. The average molecular weight is 638 g/mol. The summed E-state index contributed by atoms with van der Waals surface area (Å²) in [6.45, 7) is 18.5. The number of aromatic nitrogens is 4. The first-order chi connectivity index (χ1) is 22.3. The van der Waals surface area contributed by atoms with Gasteiger partial charge in [-0.05, 0) is 53.0 Å². The van der Waals surface area contributed by atoms with Crippen LogP contribution >= 0.6 is 8.53 Å². The molecule has 2 fully saturated rings. The van der Waals surface area contributed by atoms with Gasteiger partial charge in [-0.1, -0.05) is 49.6 Å². The van der Waals surface area contributed by atoms with Crippen LogP contribution in [-0.4, -0.2) is 85.7 Å². The minimum atomic E-state index is -1.46. The molecule has 2 aromatic heterocycles. The zero-order valence-electron chi connectivity index (χ0n) is 28.1. The second-order valence-electron chi connectivity index (χ2n) is 12.7. The van der Waals surface area contributed by atoms with Gasteiger partial charge in [0, 0.05) is 39.1 Å². The Morgan fingerprint density at radius 3 is 2.62 bits per heavy atom. The van der Waals surface area contributed by atoms with Gasteiger partial charge in [-0.2, -0.15) is 0 Å². The molecule has 1 N–H and O–H groups in total. The number of hydrogen-bond donors (Lipinski definition) is 1. The van der Waals surface area contributed by atoms with Crippen molar-refractivity contribution < 1.29 is 15.2 Å². The molecule has 1 aliphatic heterocycles. The van der Waals surface area contributed by atoms with Crippen LogP contribution in [0, 0.1) is 6.57 Å². The van der Waals surface area contributed by atoms with Crippen molar-refractivity contribution in [1.29, 1.82) is 0 Å². The Kier molecular flexibility index (Phi) is 11.3. The minimum absolute atomic E-state index is 0.0345. The number of benzene rings is 1.